The number of ketones is 1. The largest absolute Gasteiger partial charge is 0.479 e. The number of aliphatic hydroxyl groups is 2. The average Bonchev–Trinajstić information content (AvgIpc) is 2.03. The lowest BCUT2D eigenvalue weighted by atomic mass is 9.93. The molecule has 5 heteroatoms. The molecular formula is C8H14O5. The quantitative estimate of drug-likeness (QED) is 0.546. The molecule has 13 heavy (non-hydrogen) atoms. The van der Waals surface area contributed by atoms with Crippen LogP contribution in [0.1, 0.15) is 26.7 Å². The summed E-state index contributed by atoms with van der Waals surface area (Å²) in [5.74, 6) is -2.12. The Hall–Kier alpha value is -0.940. The normalized spacial score (nSPS) is 17.5. The van der Waals surface area contributed by atoms with Gasteiger partial charge < -0.3 is 15.3 Å². The molecule has 0 saturated carbocycles. The van der Waals surface area contributed by atoms with Gasteiger partial charge in [-0.15, -0.1) is 0 Å². The summed E-state index contributed by atoms with van der Waals surface area (Å²) in [6.07, 6.45) is -1.87. The summed E-state index contributed by atoms with van der Waals surface area (Å²) in [6, 6.07) is 0. The Balaban J connectivity index is 4.45. The van der Waals surface area contributed by atoms with Crippen molar-refractivity contribution in [3.05, 3.63) is 0 Å². The van der Waals surface area contributed by atoms with E-state index >= 15 is 0 Å². The number of carbonyl (C=O) groups excluding carboxylic acids is 1. The topological polar surface area (TPSA) is 94.8 Å². The smallest absolute Gasteiger partial charge is 0.336 e. The van der Waals surface area contributed by atoms with Gasteiger partial charge >= 0.3 is 5.97 Å². The van der Waals surface area contributed by atoms with E-state index in [1.165, 1.54) is 13.8 Å². The van der Waals surface area contributed by atoms with Gasteiger partial charge in [0.2, 0.25) is 0 Å². The number of aliphatic hydroxyl groups excluding tert-OH is 1. The van der Waals surface area contributed by atoms with Gasteiger partial charge in [-0.3, -0.25) is 4.79 Å². The number of rotatable bonds is 5. The minimum Gasteiger partial charge on any atom is -0.479 e. The van der Waals surface area contributed by atoms with Crippen molar-refractivity contribution in [3.63, 3.8) is 0 Å². The van der Waals surface area contributed by atoms with Crippen molar-refractivity contribution in [1.82, 2.24) is 0 Å². The van der Waals surface area contributed by atoms with Crippen LogP contribution in [-0.2, 0) is 9.59 Å². The Bertz CT molecular complexity index is 211. The van der Waals surface area contributed by atoms with E-state index in [4.69, 9.17) is 10.2 Å². The number of hydrogen-bond acceptors (Lipinski definition) is 4. The Morgan fingerprint density at radius 3 is 2.15 bits per heavy atom. The predicted molar refractivity (Wildman–Crippen MR) is 44.2 cm³/mol. The summed E-state index contributed by atoms with van der Waals surface area (Å²) in [7, 11) is 0. The Morgan fingerprint density at radius 2 is 1.92 bits per heavy atom. The van der Waals surface area contributed by atoms with Crippen LogP contribution in [0.15, 0.2) is 0 Å². The zero-order valence-corrected chi connectivity index (χ0v) is 7.65. The van der Waals surface area contributed by atoms with Crippen molar-refractivity contribution >= 4 is 11.8 Å². The van der Waals surface area contributed by atoms with Gasteiger partial charge in [0, 0.05) is 6.42 Å². The van der Waals surface area contributed by atoms with Gasteiger partial charge in [-0.05, 0) is 13.3 Å². The molecule has 0 aromatic rings. The first-order valence-corrected chi connectivity index (χ1v) is 4.00. The van der Waals surface area contributed by atoms with Crippen LogP contribution in [0.2, 0.25) is 0 Å². The third kappa shape index (κ3) is 3.12. The summed E-state index contributed by atoms with van der Waals surface area (Å²) in [5.41, 5.74) is -2.05. The summed E-state index contributed by atoms with van der Waals surface area (Å²) in [4.78, 5) is 21.5. The molecule has 76 valence electrons. The van der Waals surface area contributed by atoms with Crippen LogP contribution < -0.4 is 0 Å². The van der Waals surface area contributed by atoms with Crippen LogP contribution in [0.4, 0.5) is 0 Å². The minimum absolute atomic E-state index is 0.0687. The first kappa shape index (κ1) is 12.1. The van der Waals surface area contributed by atoms with E-state index in [9.17, 15) is 14.7 Å². The van der Waals surface area contributed by atoms with Crippen molar-refractivity contribution in [3.8, 4) is 0 Å². The molecular weight excluding hydrogens is 176 g/mol. The van der Waals surface area contributed by atoms with Crippen molar-refractivity contribution in [2.24, 2.45) is 0 Å². The molecule has 0 bridgehead atoms. The third-order valence-corrected chi connectivity index (χ3v) is 1.92. The zero-order chi connectivity index (χ0) is 10.6. The van der Waals surface area contributed by atoms with Gasteiger partial charge in [0.1, 0.15) is 6.10 Å². The van der Waals surface area contributed by atoms with Crippen LogP contribution in [0.25, 0.3) is 0 Å². The molecule has 0 spiro atoms. The van der Waals surface area contributed by atoms with Crippen LogP contribution in [0.5, 0.6) is 0 Å². The highest BCUT2D eigenvalue weighted by Gasteiger charge is 2.37. The molecule has 0 fully saturated rings. The lowest BCUT2D eigenvalue weighted by molar-refractivity contribution is -0.162. The third-order valence-electron chi connectivity index (χ3n) is 1.92. The predicted octanol–water partition coefficient (Wildman–Crippen LogP) is -0.448. The fourth-order valence-electron chi connectivity index (χ4n) is 0.788. The second-order valence-corrected chi connectivity index (χ2v) is 3.01. The number of aliphatic carboxylic acids is 1. The van der Waals surface area contributed by atoms with E-state index in [0.29, 0.717) is 0 Å². The maximum Gasteiger partial charge on any atom is 0.336 e. The van der Waals surface area contributed by atoms with E-state index in [1.807, 2.05) is 0 Å². The standard InChI is InChI=1S/C8H14O5/c1-3-8(13,7(11)12)4-6(10)5(2)9/h5,9,13H,3-4H2,1-2H3,(H,11,12). The van der Waals surface area contributed by atoms with E-state index in [0.717, 1.165) is 0 Å². The van der Waals surface area contributed by atoms with Gasteiger partial charge in [-0.2, -0.15) is 0 Å². The van der Waals surface area contributed by atoms with Gasteiger partial charge in [0.15, 0.2) is 11.4 Å². The second kappa shape index (κ2) is 4.34. The van der Waals surface area contributed by atoms with Crippen molar-refractivity contribution in [2.45, 2.75) is 38.4 Å². The van der Waals surface area contributed by atoms with E-state index in [1.54, 1.807) is 0 Å². The monoisotopic (exact) mass is 190 g/mol. The Kier molecular flexibility index (Phi) is 4.03. The van der Waals surface area contributed by atoms with Crippen molar-refractivity contribution in [1.29, 1.82) is 0 Å². The van der Waals surface area contributed by atoms with Crippen molar-refractivity contribution < 1.29 is 24.9 Å². The zero-order valence-electron chi connectivity index (χ0n) is 7.65. The molecule has 0 saturated heterocycles. The molecule has 5 nitrogen and oxygen atoms in total. The molecule has 2 unspecified atom stereocenters. The fraction of sp³-hybridized carbons (Fsp3) is 0.750. The molecule has 0 aliphatic heterocycles. The highest BCUT2D eigenvalue weighted by molar-refractivity contribution is 5.89. The molecule has 0 radical (unpaired) electrons. The van der Waals surface area contributed by atoms with Gasteiger partial charge in [0.25, 0.3) is 0 Å². The van der Waals surface area contributed by atoms with Gasteiger partial charge in [-0.25, -0.2) is 4.79 Å². The van der Waals surface area contributed by atoms with E-state index in [-0.39, 0.29) is 6.42 Å². The second-order valence-electron chi connectivity index (χ2n) is 3.01. The number of carboxylic acids is 1. The van der Waals surface area contributed by atoms with Gasteiger partial charge in [-0.1, -0.05) is 6.92 Å². The highest BCUT2D eigenvalue weighted by atomic mass is 16.4. The van der Waals surface area contributed by atoms with Crippen LogP contribution in [-0.4, -0.2) is 38.8 Å². The first-order valence-electron chi connectivity index (χ1n) is 4.00. The van der Waals surface area contributed by atoms with Gasteiger partial charge in [0.05, 0.1) is 0 Å². The number of hydrogen-bond donors (Lipinski definition) is 3. The van der Waals surface area contributed by atoms with E-state index in [2.05, 4.69) is 0 Å². The summed E-state index contributed by atoms with van der Waals surface area (Å²) in [6.45, 7) is 2.70. The molecule has 0 amide bonds. The first-order chi connectivity index (χ1) is 5.83. The van der Waals surface area contributed by atoms with Crippen molar-refractivity contribution in [2.75, 3.05) is 0 Å². The van der Waals surface area contributed by atoms with E-state index < -0.39 is 29.9 Å². The summed E-state index contributed by atoms with van der Waals surface area (Å²) < 4.78 is 0. The average molecular weight is 190 g/mol. The Morgan fingerprint density at radius 1 is 1.46 bits per heavy atom. The van der Waals surface area contributed by atoms with Crippen LogP contribution >= 0.6 is 0 Å². The summed E-state index contributed by atoms with van der Waals surface area (Å²) >= 11 is 0. The molecule has 0 aliphatic carbocycles. The van der Waals surface area contributed by atoms with Crippen LogP contribution in [0.3, 0.4) is 0 Å². The number of Topliss-reactive ketones (excluding diaryl/α,β-unsaturated/α-hetero) is 1. The number of carboxylic acid groups (broad SMARTS) is 1. The molecule has 0 aromatic heterocycles. The molecule has 2 atom stereocenters. The molecule has 3 N–H and O–H groups in total. The lowest BCUT2D eigenvalue weighted by Gasteiger charge is -2.21. The molecule has 0 aromatic carbocycles. The minimum atomic E-state index is -2.05. The summed E-state index contributed by atoms with van der Waals surface area (Å²) in [5, 5.41) is 26.8. The van der Waals surface area contributed by atoms with Crippen LogP contribution in [0, 0.1) is 0 Å². The number of carbonyl (C=O) groups is 2. The Labute approximate surface area is 76.0 Å². The molecule has 0 aliphatic rings. The maximum absolute atomic E-state index is 10.9. The molecule has 0 rings (SSSR count). The molecule has 0 heterocycles. The lowest BCUT2D eigenvalue weighted by Crippen LogP contribution is -2.41. The fourth-order valence-corrected chi connectivity index (χ4v) is 0.788. The highest BCUT2D eigenvalue weighted by Crippen LogP contribution is 2.16. The maximum atomic E-state index is 10.9. The SMILES string of the molecule is CCC(O)(CC(=O)C(C)O)C(=O)O.